The highest BCUT2D eigenvalue weighted by Gasteiger charge is 2.24. The van der Waals surface area contributed by atoms with E-state index in [2.05, 4.69) is 4.98 Å². The van der Waals surface area contributed by atoms with Crippen LogP contribution in [0.5, 0.6) is 0 Å². The van der Waals surface area contributed by atoms with Gasteiger partial charge in [-0.25, -0.2) is 0 Å². The van der Waals surface area contributed by atoms with Gasteiger partial charge in [-0.2, -0.15) is 0 Å². The van der Waals surface area contributed by atoms with Gasteiger partial charge in [-0.15, -0.1) is 0 Å². The number of ketones is 1. The van der Waals surface area contributed by atoms with E-state index >= 15 is 0 Å². The Labute approximate surface area is 153 Å². The molecule has 0 bridgehead atoms. The molecule has 2 heterocycles. The van der Waals surface area contributed by atoms with E-state index < -0.39 is 5.78 Å². The maximum Gasteiger partial charge on any atom is 0.204 e. The molecule has 2 aromatic heterocycles. The summed E-state index contributed by atoms with van der Waals surface area (Å²) < 4.78 is 5.95. The average Bonchev–Trinajstić information content (AvgIpc) is 2.68. The standard InChI is InChI=1S/C21H12ClNO3/c22-16-7-3-1-5-14(16)19(24)18-20(25)15-6-2-4-8-17(15)26-21(18)13-9-11-23-12-10-13/h1-12H. The molecule has 4 aromatic rings. The molecule has 4 nitrogen and oxygen atoms in total. The molecule has 0 saturated carbocycles. The molecule has 26 heavy (non-hydrogen) atoms. The monoisotopic (exact) mass is 361 g/mol. The van der Waals surface area contributed by atoms with Crippen LogP contribution in [0.2, 0.25) is 5.02 Å². The molecule has 4 rings (SSSR count). The molecule has 5 heteroatoms. The number of para-hydroxylation sites is 1. The van der Waals surface area contributed by atoms with Crippen LogP contribution in [0.1, 0.15) is 15.9 Å². The number of benzene rings is 2. The minimum atomic E-state index is -0.470. The molecule has 0 fully saturated rings. The lowest BCUT2D eigenvalue weighted by Crippen LogP contribution is -2.18. The molecule has 2 aromatic carbocycles. The second kappa shape index (κ2) is 6.58. The summed E-state index contributed by atoms with van der Waals surface area (Å²) in [6, 6.07) is 16.9. The van der Waals surface area contributed by atoms with Gasteiger partial charge in [0.1, 0.15) is 16.9 Å². The third-order valence-corrected chi connectivity index (χ3v) is 4.42. The van der Waals surface area contributed by atoms with Gasteiger partial charge in [-0.05, 0) is 36.4 Å². The normalized spacial score (nSPS) is 10.8. The molecule has 0 saturated heterocycles. The van der Waals surface area contributed by atoms with Crippen LogP contribution in [0.3, 0.4) is 0 Å². The largest absolute Gasteiger partial charge is 0.455 e. The van der Waals surface area contributed by atoms with Crippen LogP contribution in [-0.4, -0.2) is 10.8 Å². The summed E-state index contributed by atoms with van der Waals surface area (Å²) in [5.74, 6) is -0.261. The Bertz CT molecular complexity index is 1180. The van der Waals surface area contributed by atoms with E-state index in [4.69, 9.17) is 16.0 Å². The van der Waals surface area contributed by atoms with E-state index in [-0.39, 0.29) is 27.3 Å². The van der Waals surface area contributed by atoms with Gasteiger partial charge in [-0.1, -0.05) is 35.9 Å². The number of hydrogen-bond acceptors (Lipinski definition) is 4. The molecule has 0 spiro atoms. The third-order valence-electron chi connectivity index (χ3n) is 4.09. The summed E-state index contributed by atoms with van der Waals surface area (Å²) in [5, 5.41) is 0.631. The molecule has 0 N–H and O–H groups in total. The fourth-order valence-electron chi connectivity index (χ4n) is 2.83. The zero-order valence-corrected chi connectivity index (χ0v) is 14.2. The lowest BCUT2D eigenvalue weighted by atomic mass is 9.97. The van der Waals surface area contributed by atoms with Gasteiger partial charge >= 0.3 is 0 Å². The molecular formula is C21H12ClNO3. The van der Waals surface area contributed by atoms with Crippen LogP contribution in [0.4, 0.5) is 0 Å². The molecule has 0 unspecified atom stereocenters. The van der Waals surface area contributed by atoms with Gasteiger partial charge in [-0.3, -0.25) is 14.6 Å². The van der Waals surface area contributed by atoms with Gasteiger partial charge in [0.05, 0.1) is 10.4 Å². The molecular weight excluding hydrogens is 350 g/mol. The first-order valence-electron chi connectivity index (χ1n) is 7.92. The highest BCUT2D eigenvalue weighted by molar-refractivity contribution is 6.35. The Morgan fingerprint density at radius 3 is 2.38 bits per heavy atom. The number of hydrogen-bond donors (Lipinski definition) is 0. The molecule has 0 aliphatic carbocycles. The fraction of sp³-hybridized carbons (Fsp3) is 0. The van der Waals surface area contributed by atoms with Crippen LogP contribution in [0.25, 0.3) is 22.3 Å². The maximum absolute atomic E-state index is 13.2. The quantitative estimate of drug-likeness (QED) is 0.494. The Morgan fingerprint density at radius 2 is 1.62 bits per heavy atom. The highest BCUT2D eigenvalue weighted by Crippen LogP contribution is 2.28. The van der Waals surface area contributed by atoms with Crippen molar-refractivity contribution in [2.75, 3.05) is 0 Å². The predicted molar refractivity (Wildman–Crippen MR) is 101 cm³/mol. The zero-order valence-electron chi connectivity index (χ0n) is 13.5. The molecule has 0 atom stereocenters. The molecule has 0 aliphatic heterocycles. The van der Waals surface area contributed by atoms with Gasteiger partial charge < -0.3 is 4.42 Å². The van der Waals surface area contributed by atoms with E-state index in [9.17, 15) is 9.59 Å². The van der Waals surface area contributed by atoms with Gasteiger partial charge in [0, 0.05) is 23.5 Å². The Hall–Kier alpha value is -3.24. The lowest BCUT2D eigenvalue weighted by molar-refractivity contribution is 0.103. The van der Waals surface area contributed by atoms with Crippen molar-refractivity contribution in [3.8, 4) is 11.3 Å². The number of fused-ring (bicyclic) bond motifs is 1. The van der Waals surface area contributed by atoms with Crippen molar-refractivity contribution in [2.45, 2.75) is 0 Å². The summed E-state index contributed by atoms with van der Waals surface area (Å²) in [4.78, 5) is 30.3. The second-order valence-electron chi connectivity index (χ2n) is 5.68. The molecule has 0 radical (unpaired) electrons. The van der Waals surface area contributed by atoms with Crippen LogP contribution in [0.15, 0.2) is 82.3 Å². The van der Waals surface area contributed by atoms with Crippen LogP contribution in [0, 0.1) is 0 Å². The summed E-state index contributed by atoms with van der Waals surface area (Å²) >= 11 is 6.17. The van der Waals surface area contributed by atoms with Crippen LogP contribution < -0.4 is 5.43 Å². The van der Waals surface area contributed by atoms with E-state index in [0.717, 1.165) is 0 Å². The Kier molecular flexibility index (Phi) is 4.11. The maximum atomic E-state index is 13.2. The minimum Gasteiger partial charge on any atom is -0.455 e. The average molecular weight is 362 g/mol. The summed E-state index contributed by atoms with van der Waals surface area (Å²) in [5.41, 5.74) is 0.844. The first-order chi connectivity index (χ1) is 12.7. The second-order valence-corrected chi connectivity index (χ2v) is 6.08. The topological polar surface area (TPSA) is 60.2 Å². The predicted octanol–water partition coefficient (Wildman–Crippen LogP) is 4.74. The van der Waals surface area contributed by atoms with E-state index in [1.165, 1.54) is 0 Å². The number of nitrogens with zero attached hydrogens (tertiary/aromatic N) is 1. The zero-order chi connectivity index (χ0) is 18.1. The summed E-state index contributed by atoms with van der Waals surface area (Å²) in [7, 11) is 0. The summed E-state index contributed by atoms with van der Waals surface area (Å²) in [6.45, 7) is 0. The SMILES string of the molecule is O=C(c1ccccc1Cl)c1c(-c2ccncc2)oc2ccccc2c1=O. The Morgan fingerprint density at radius 1 is 0.923 bits per heavy atom. The molecule has 0 aliphatic rings. The number of aromatic nitrogens is 1. The lowest BCUT2D eigenvalue weighted by Gasteiger charge is -2.10. The number of carbonyl (C=O) groups excluding carboxylic acids is 1. The number of pyridine rings is 1. The fourth-order valence-corrected chi connectivity index (χ4v) is 3.06. The molecule has 126 valence electrons. The Balaban J connectivity index is 2.07. The van der Waals surface area contributed by atoms with Crippen molar-refractivity contribution >= 4 is 28.4 Å². The van der Waals surface area contributed by atoms with Gasteiger partial charge in [0.15, 0.2) is 0 Å². The highest BCUT2D eigenvalue weighted by atomic mass is 35.5. The van der Waals surface area contributed by atoms with Crippen molar-refractivity contribution in [2.24, 2.45) is 0 Å². The van der Waals surface area contributed by atoms with Crippen molar-refractivity contribution < 1.29 is 9.21 Å². The van der Waals surface area contributed by atoms with Crippen molar-refractivity contribution in [3.63, 3.8) is 0 Å². The van der Waals surface area contributed by atoms with E-state index in [1.807, 2.05) is 0 Å². The van der Waals surface area contributed by atoms with Crippen molar-refractivity contribution in [1.82, 2.24) is 4.98 Å². The first-order valence-corrected chi connectivity index (χ1v) is 8.30. The van der Waals surface area contributed by atoms with Crippen LogP contribution in [-0.2, 0) is 0 Å². The van der Waals surface area contributed by atoms with Gasteiger partial charge in [0.25, 0.3) is 0 Å². The summed E-state index contributed by atoms with van der Waals surface area (Å²) in [6.07, 6.45) is 3.16. The van der Waals surface area contributed by atoms with Crippen molar-refractivity contribution in [1.29, 1.82) is 0 Å². The molecule has 0 amide bonds. The number of halogens is 1. The van der Waals surface area contributed by atoms with E-state index in [0.29, 0.717) is 16.5 Å². The number of rotatable bonds is 3. The van der Waals surface area contributed by atoms with Crippen LogP contribution >= 0.6 is 11.6 Å². The van der Waals surface area contributed by atoms with Crippen molar-refractivity contribution in [3.05, 3.63) is 99.4 Å². The smallest absolute Gasteiger partial charge is 0.204 e. The third kappa shape index (κ3) is 2.70. The van der Waals surface area contributed by atoms with Gasteiger partial charge in [0.2, 0.25) is 11.2 Å². The van der Waals surface area contributed by atoms with E-state index in [1.54, 1.807) is 73.1 Å². The minimum absolute atomic E-state index is 0.0389. The number of carbonyl (C=O) groups is 1. The first kappa shape index (κ1) is 16.2.